The van der Waals surface area contributed by atoms with E-state index in [4.69, 9.17) is 14.2 Å². The molecule has 2 amide bonds. The fourth-order valence-electron chi connectivity index (χ4n) is 7.49. The van der Waals surface area contributed by atoms with Crippen LogP contribution in [-0.2, 0) is 22.6 Å². The lowest BCUT2D eigenvalue weighted by atomic mass is 9.90. The fraction of sp³-hybridized carbons (Fsp3) is 0.490. The van der Waals surface area contributed by atoms with E-state index in [-0.39, 0.29) is 30.8 Å². The van der Waals surface area contributed by atoms with E-state index in [0.717, 1.165) is 47.6 Å². The Bertz CT molecular complexity index is 1670. The SMILES string of the molecule is CCCCCCCCN(CCCCCCCC)C[C@H]1O[C@@H](c2ccc(CNC(=O)Nc3ccc(Oc4ccccc4)cc3)cc2)O[C@@H](c2ccc(CO)cc2)[C@H]1C. The van der Waals surface area contributed by atoms with Crippen LogP contribution in [0.3, 0.4) is 0 Å². The lowest BCUT2D eigenvalue weighted by molar-refractivity contribution is -0.276. The molecule has 308 valence electrons. The molecular formula is C49H67N3O5. The van der Waals surface area contributed by atoms with Crippen molar-refractivity contribution in [2.24, 2.45) is 5.92 Å². The van der Waals surface area contributed by atoms with Gasteiger partial charge in [-0.2, -0.15) is 0 Å². The van der Waals surface area contributed by atoms with Crippen molar-refractivity contribution < 1.29 is 24.1 Å². The largest absolute Gasteiger partial charge is 0.457 e. The van der Waals surface area contributed by atoms with Crippen LogP contribution in [0.25, 0.3) is 0 Å². The second-order valence-electron chi connectivity index (χ2n) is 15.6. The van der Waals surface area contributed by atoms with Gasteiger partial charge in [-0.25, -0.2) is 4.79 Å². The smallest absolute Gasteiger partial charge is 0.319 e. The van der Waals surface area contributed by atoms with Crippen LogP contribution >= 0.6 is 0 Å². The van der Waals surface area contributed by atoms with Crippen LogP contribution < -0.4 is 15.4 Å². The third-order valence-electron chi connectivity index (χ3n) is 11.0. The van der Waals surface area contributed by atoms with Crippen molar-refractivity contribution in [2.45, 2.75) is 129 Å². The molecule has 8 nitrogen and oxygen atoms in total. The summed E-state index contributed by atoms with van der Waals surface area (Å²) in [5.41, 5.74) is 4.59. The first-order chi connectivity index (χ1) is 27.9. The van der Waals surface area contributed by atoms with Gasteiger partial charge in [0.15, 0.2) is 6.29 Å². The van der Waals surface area contributed by atoms with Gasteiger partial charge < -0.3 is 34.9 Å². The number of aliphatic hydroxyl groups is 1. The van der Waals surface area contributed by atoms with Crippen molar-refractivity contribution >= 4 is 11.7 Å². The van der Waals surface area contributed by atoms with E-state index in [2.05, 4.69) is 48.4 Å². The predicted molar refractivity (Wildman–Crippen MR) is 231 cm³/mol. The van der Waals surface area contributed by atoms with Crippen molar-refractivity contribution in [1.29, 1.82) is 0 Å². The molecule has 4 atom stereocenters. The number of hydrogen-bond donors (Lipinski definition) is 3. The molecule has 1 saturated heterocycles. The molecule has 8 heteroatoms. The topological polar surface area (TPSA) is 92.3 Å². The van der Waals surface area contributed by atoms with Crippen molar-refractivity contribution in [1.82, 2.24) is 10.2 Å². The molecule has 3 N–H and O–H groups in total. The lowest BCUT2D eigenvalue weighted by Gasteiger charge is -2.43. The Morgan fingerprint density at radius 3 is 1.84 bits per heavy atom. The second-order valence-corrected chi connectivity index (χ2v) is 15.6. The molecule has 0 bridgehead atoms. The predicted octanol–water partition coefficient (Wildman–Crippen LogP) is 12.1. The van der Waals surface area contributed by atoms with Crippen LogP contribution in [0.4, 0.5) is 10.5 Å². The zero-order chi connectivity index (χ0) is 40.1. The Hall–Kier alpha value is -4.21. The number of rotatable bonds is 24. The molecule has 0 radical (unpaired) electrons. The van der Waals surface area contributed by atoms with E-state index in [9.17, 15) is 9.90 Å². The highest BCUT2D eigenvalue weighted by atomic mass is 16.7. The van der Waals surface area contributed by atoms with Crippen molar-refractivity contribution in [3.05, 3.63) is 125 Å². The monoisotopic (exact) mass is 778 g/mol. The third-order valence-corrected chi connectivity index (χ3v) is 11.0. The van der Waals surface area contributed by atoms with Crippen molar-refractivity contribution in [3.63, 3.8) is 0 Å². The number of anilines is 1. The summed E-state index contributed by atoms with van der Waals surface area (Å²) in [5.74, 6) is 1.59. The molecule has 1 heterocycles. The first kappa shape index (κ1) is 43.9. The Labute approximate surface area is 342 Å². The van der Waals surface area contributed by atoms with E-state index < -0.39 is 6.29 Å². The highest BCUT2D eigenvalue weighted by molar-refractivity contribution is 5.89. The average molecular weight is 778 g/mol. The number of nitrogens with one attached hydrogen (secondary N) is 2. The first-order valence-corrected chi connectivity index (χ1v) is 21.6. The van der Waals surface area contributed by atoms with Crippen molar-refractivity contribution in [2.75, 3.05) is 25.0 Å². The van der Waals surface area contributed by atoms with E-state index in [0.29, 0.717) is 18.0 Å². The maximum absolute atomic E-state index is 12.8. The zero-order valence-corrected chi connectivity index (χ0v) is 34.7. The summed E-state index contributed by atoms with van der Waals surface area (Å²) in [6, 6.07) is 32.9. The van der Waals surface area contributed by atoms with E-state index >= 15 is 0 Å². The first-order valence-electron chi connectivity index (χ1n) is 21.6. The van der Waals surface area contributed by atoms with Crippen LogP contribution in [0.15, 0.2) is 103 Å². The molecule has 4 aromatic carbocycles. The highest BCUT2D eigenvalue weighted by Gasteiger charge is 2.39. The minimum absolute atomic E-state index is 0.0160. The molecule has 0 aromatic heterocycles. The number of amides is 2. The normalized spacial score (nSPS) is 18.1. The zero-order valence-electron chi connectivity index (χ0n) is 34.7. The van der Waals surface area contributed by atoms with Gasteiger partial charge in [0.2, 0.25) is 0 Å². The molecule has 0 unspecified atom stereocenters. The molecule has 0 aliphatic carbocycles. The maximum atomic E-state index is 12.8. The number of ether oxygens (including phenoxy) is 3. The second kappa shape index (κ2) is 24.5. The number of carbonyl (C=O) groups excluding carboxylic acids is 1. The highest BCUT2D eigenvalue weighted by Crippen LogP contribution is 2.42. The molecule has 1 aliphatic rings. The molecule has 4 aromatic rings. The summed E-state index contributed by atoms with van der Waals surface area (Å²) in [5, 5.41) is 15.6. The number of unbranched alkanes of at least 4 members (excludes halogenated alkanes) is 10. The standard InChI is InChI=1S/C49H67N3O5/c1-4-6-8-10-12-17-33-52(34-18-13-11-9-7-5-2)36-46-38(3)47(41-25-23-40(37-53)24-26-41)57-48(56-46)42-27-21-39(22-28-42)35-50-49(54)51-43-29-31-45(32-30-43)55-44-19-15-14-16-20-44/h14-16,19-32,38,46-48,53H,4-13,17-18,33-37H2,1-3H3,(H2,50,51,54)/t38-,46+,47+,48+/m0/s1. The van der Waals surface area contributed by atoms with Gasteiger partial charge in [0, 0.05) is 30.3 Å². The maximum Gasteiger partial charge on any atom is 0.319 e. The van der Waals surface area contributed by atoms with E-state index in [1.807, 2.05) is 91.0 Å². The number of aliphatic hydroxyl groups excluding tert-OH is 1. The summed E-state index contributed by atoms with van der Waals surface area (Å²) >= 11 is 0. The Kier molecular flexibility index (Phi) is 18.9. The summed E-state index contributed by atoms with van der Waals surface area (Å²) in [4.78, 5) is 15.4. The van der Waals surface area contributed by atoms with Crippen LogP contribution in [0, 0.1) is 5.92 Å². The summed E-state index contributed by atoms with van der Waals surface area (Å²) in [6.07, 6.45) is 14.8. The van der Waals surface area contributed by atoms with Gasteiger partial charge in [0.1, 0.15) is 11.5 Å². The minimum atomic E-state index is -0.530. The minimum Gasteiger partial charge on any atom is -0.457 e. The Balaban J connectivity index is 1.21. The molecule has 0 saturated carbocycles. The van der Waals surface area contributed by atoms with Crippen LogP contribution in [0.5, 0.6) is 11.5 Å². The van der Waals surface area contributed by atoms with Gasteiger partial charge >= 0.3 is 6.03 Å². The molecule has 1 fully saturated rings. The third kappa shape index (κ3) is 14.9. The molecule has 0 spiro atoms. The number of nitrogens with zero attached hydrogens (tertiary/aromatic N) is 1. The number of carbonyl (C=O) groups is 1. The van der Waals surface area contributed by atoms with Gasteiger partial charge in [0.25, 0.3) is 0 Å². The fourth-order valence-corrected chi connectivity index (χ4v) is 7.49. The summed E-state index contributed by atoms with van der Waals surface area (Å²) in [7, 11) is 0. The van der Waals surface area contributed by atoms with E-state index in [1.54, 1.807) is 0 Å². The average Bonchev–Trinajstić information content (AvgIpc) is 3.24. The van der Waals surface area contributed by atoms with Gasteiger partial charge in [-0.05, 0) is 79.0 Å². The van der Waals surface area contributed by atoms with Gasteiger partial charge in [-0.1, -0.05) is 152 Å². The van der Waals surface area contributed by atoms with Gasteiger partial charge in [-0.15, -0.1) is 0 Å². The van der Waals surface area contributed by atoms with Gasteiger partial charge in [-0.3, -0.25) is 0 Å². The molecular weight excluding hydrogens is 711 g/mol. The quantitative estimate of drug-likeness (QED) is 0.0614. The van der Waals surface area contributed by atoms with Gasteiger partial charge in [0.05, 0.1) is 18.8 Å². The number of urea groups is 1. The number of hydrogen-bond acceptors (Lipinski definition) is 6. The van der Waals surface area contributed by atoms with Crippen LogP contribution in [0.2, 0.25) is 0 Å². The summed E-state index contributed by atoms with van der Waals surface area (Å²) in [6.45, 7) is 10.3. The Morgan fingerprint density at radius 2 is 1.23 bits per heavy atom. The molecule has 5 rings (SSSR count). The summed E-state index contributed by atoms with van der Waals surface area (Å²) < 4.78 is 19.5. The van der Waals surface area contributed by atoms with Crippen LogP contribution in [0.1, 0.15) is 132 Å². The number of para-hydroxylation sites is 1. The lowest BCUT2D eigenvalue weighted by Crippen LogP contribution is -2.45. The molecule has 1 aliphatic heterocycles. The molecule has 57 heavy (non-hydrogen) atoms. The Morgan fingerprint density at radius 1 is 0.667 bits per heavy atom. The number of benzene rings is 4. The van der Waals surface area contributed by atoms with Crippen LogP contribution in [-0.4, -0.2) is 41.8 Å². The van der Waals surface area contributed by atoms with Crippen molar-refractivity contribution in [3.8, 4) is 11.5 Å². The van der Waals surface area contributed by atoms with E-state index in [1.165, 1.54) is 77.0 Å².